The monoisotopic (exact) mass is 404 g/mol. The van der Waals surface area contributed by atoms with E-state index < -0.39 is 0 Å². The van der Waals surface area contributed by atoms with Gasteiger partial charge in [-0.3, -0.25) is 9.69 Å². The van der Waals surface area contributed by atoms with Gasteiger partial charge in [-0.05, 0) is 43.8 Å². The number of hydrogen-bond donors (Lipinski definition) is 1. The molecule has 0 saturated carbocycles. The molecule has 1 unspecified atom stereocenters. The lowest BCUT2D eigenvalue weighted by atomic mass is 10.1. The van der Waals surface area contributed by atoms with Gasteiger partial charge in [-0.25, -0.2) is 0 Å². The van der Waals surface area contributed by atoms with E-state index in [1.807, 2.05) is 43.1 Å². The first kappa shape index (κ1) is 19.4. The summed E-state index contributed by atoms with van der Waals surface area (Å²) in [6, 6.07) is 10.6. The quantitative estimate of drug-likeness (QED) is 0.668. The Morgan fingerprint density at radius 2 is 1.71 bits per heavy atom. The summed E-state index contributed by atoms with van der Waals surface area (Å²) in [6.07, 6.45) is 0. The number of halogens is 4. The number of nitrogens with zero attached hydrogens (tertiary/aromatic N) is 1. The summed E-state index contributed by atoms with van der Waals surface area (Å²) < 4.78 is 0. The van der Waals surface area contributed by atoms with Crippen LogP contribution in [0.5, 0.6) is 0 Å². The Morgan fingerprint density at radius 1 is 1.08 bits per heavy atom. The molecule has 0 aliphatic heterocycles. The maximum Gasteiger partial charge on any atom is 0.238 e. The minimum atomic E-state index is -0.225. The molecule has 3 nitrogen and oxygen atoms in total. The van der Waals surface area contributed by atoms with E-state index in [0.717, 1.165) is 5.56 Å². The molecule has 0 saturated heterocycles. The third-order valence-corrected chi connectivity index (χ3v) is 4.71. The third-order valence-electron chi connectivity index (χ3n) is 3.66. The first-order chi connectivity index (χ1) is 11.3. The molecular weight excluding hydrogens is 390 g/mol. The van der Waals surface area contributed by atoms with Gasteiger partial charge >= 0.3 is 0 Å². The van der Waals surface area contributed by atoms with E-state index in [-0.39, 0.29) is 18.5 Å². The van der Waals surface area contributed by atoms with E-state index >= 15 is 0 Å². The minimum absolute atomic E-state index is 0.0191. The summed E-state index contributed by atoms with van der Waals surface area (Å²) in [5.41, 5.74) is 1.39. The van der Waals surface area contributed by atoms with Crippen LogP contribution in [0.4, 0.5) is 5.69 Å². The second kappa shape index (κ2) is 8.41. The van der Waals surface area contributed by atoms with Crippen molar-refractivity contribution in [2.45, 2.75) is 13.0 Å². The van der Waals surface area contributed by atoms with Gasteiger partial charge < -0.3 is 5.32 Å². The molecule has 2 rings (SSSR count). The summed E-state index contributed by atoms with van der Waals surface area (Å²) in [6.45, 7) is 2.17. The lowest BCUT2D eigenvalue weighted by Gasteiger charge is -2.24. The summed E-state index contributed by atoms with van der Waals surface area (Å²) in [7, 11) is 1.86. The van der Waals surface area contributed by atoms with Gasteiger partial charge in [-0.15, -0.1) is 0 Å². The molecule has 1 atom stereocenters. The van der Waals surface area contributed by atoms with Gasteiger partial charge in [0.1, 0.15) is 0 Å². The van der Waals surface area contributed by atoms with Crippen molar-refractivity contribution in [1.29, 1.82) is 0 Å². The molecule has 0 aliphatic rings. The van der Waals surface area contributed by atoms with Crippen molar-refractivity contribution < 1.29 is 4.79 Å². The normalized spacial score (nSPS) is 12.3. The number of anilines is 1. The fraction of sp³-hybridized carbons (Fsp3) is 0.235. The first-order valence-corrected chi connectivity index (χ1v) is 8.69. The van der Waals surface area contributed by atoms with Crippen LogP contribution in [0, 0.1) is 0 Å². The van der Waals surface area contributed by atoms with Crippen molar-refractivity contribution in [2.24, 2.45) is 0 Å². The van der Waals surface area contributed by atoms with Gasteiger partial charge in [0, 0.05) is 16.1 Å². The van der Waals surface area contributed by atoms with Crippen LogP contribution in [-0.2, 0) is 4.79 Å². The maximum absolute atomic E-state index is 12.3. The van der Waals surface area contributed by atoms with Crippen LogP contribution >= 0.6 is 46.4 Å². The average Bonchev–Trinajstić information content (AvgIpc) is 2.50. The molecule has 24 heavy (non-hydrogen) atoms. The lowest BCUT2D eigenvalue weighted by molar-refractivity contribution is -0.117. The molecule has 0 radical (unpaired) electrons. The number of amides is 1. The van der Waals surface area contributed by atoms with E-state index in [9.17, 15) is 4.79 Å². The highest BCUT2D eigenvalue weighted by atomic mass is 35.5. The number of carbonyl (C=O) groups excluding carboxylic acids is 1. The molecule has 0 aliphatic carbocycles. The molecule has 1 amide bonds. The molecule has 1 N–H and O–H groups in total. The third kappa shape index (κ3) is 5.01. The second-order valence-electron chi connectivity index (χ2n) is 5.44. The Balaban J connectivity index is 2.04. The van der Waals surface area contributed by atoms with Crippen LogP contribution in [0.25, 0.3) is 0 Å². The SMILES string of the molecule is CC(c1cccc(Cl)c1)N(C)CC(=O)Nc1c(Cl)cc(Cl)cc1Cl. The number of hydrogen-bond acceptors (Lipinski definition) is 2. The molecule has 128 valence electrons. The highest BCUT2D eigenvalue weighted by Crippen LogP contribution is 2.33. The van der Waals surface area contributed by atoms with Gasteiger partial charge in [0.05, 0.1) is 22.3 Å². The van der Waals surface area contributed by atoms with E-state index in [1.54, 1.807) is 0 Å². The zero-order valence-electron chi connectivity index (χ0n) is 13.1. The summed E-state index contributed by atoms with van der Waals surface area (Å²) >= 11 is 24.0. The molecular formula is C17H16Cl4N2O. The van der Waals surface area contributed by atoms with E-state index in [0.29, 0.717) is 25.8 Å². The van der Waals surface area contributed by atoms with Crippen LogP contribution in [-0.4, -0.2) is 24.4 Å². The predicted molar refractivity (Wildman–Crippen MR) is 103 cm³/mol. The fourth-order valence-electron chi connectivity index (χ4n) is 2.22. The summed E-state index contributed by atoms with van der Waals surface area (Å²) in [5, 5.41) is 4.40. The highest BCUT2D eigenvalue weighted by molar-refractivity contribution is 6.42. The molecule has 0 bridgehead atoms. The van der Waals surface area contributed by atoms with Crippen molar-refractivity contribution >= 4 is 58.0 Å². The largest absolute Gasteiger partial charge is 0.322 e. The number of benzene rings is 2. The van der Waals surface area contributed by atoms with E-state index in [4.69, 9.17) is 46.4 Å². The van der Waals surface area contributed by atoms with Gasteiger partial charge in [0.25, 0.3) is 0 Å². The van der Waals surface area contributed by atoms with Gasteiger partial charge in [-0.1, -0.05) is 58.5 Å². The van der Waals surface area contributed by atoms with Gasteiger partial charge in [-0.2, -0.15) is 0 Å². The number of nitrogens with one attached hydrogen (secondary N) is 1. The fourth-order valence-corrected chi connectivity index (χ4v) is 3.34. The van der Waals surface area contributed by atoms with Crippen molar-refractivity contribution in [2.75, 3.05) is 18.9 Å². The van der Waals surface area contributed by atoms with E-state index in [2.05, 4.69) is 5.32 Å². The van der Waals surface area contributed by atoms with Gasteiger partial charge in [0.2, 0.25) is 5.91 Å². The van der Waals surface area contributed by atoms with Crippen molar-refractivity contribution in [3.8, 4) is 0 Å². The minimum Gasteiger partial charge on any atom is -0.322 e. The number of likely N-dealkylation sites (N-methyl/N-ethyl adjacent to an activating group) is 1. The Bertz CT molecular complexity index is 728. The molecule has 2 aromatic carbocycles. The van der Waals surface area contributed by atoms with Crippen molar-refractivity contribution in [1.82, 2.24) is 4.90 Å². The molecule has 0 heterocycles. The van der Waals surface area contributed by atoms with Crippen LogP contribution in [0.15, 0.2) is 36.4 Å². The second-order valence-corrected chi connectivity index (χ2v) is 7.13. The van der Waals surface area contributed by atoms with Gasteiger partial charge in [0.15, 0.2) is 0 Å². The Kier molecular flexibility index (Phi) is 6.79. The van der Waals surface area contributed by atoms with E-state index in [1.165, 1.54) is 12.1 Å². The lowest BCUT2D eigenvalue weighted by Crippen LogP contribution is -2.32. The Labute approximate surface area is 161 Å². The highest BCUT2D eigenvalue weighted by Gasteiger charge is 2.17. The maximum atomic E-state index is 12.3. The van der Waals surface area contributed by atoms with Crippen LogP contribution in [0.3, 0.4) is 0 Å². The predicted octanol–water partition coefficient (Wildman–Crippen LogP) is 5.93. The molecule has 0 fully saturated rings. The average molecular weight is 406 g/mol. The van der Waals surface area contributed by atoms with Crippen LogP contribution < -0.4 is 5.32 Å². The van der Waals surface area contributed by atoms with Crippen LogP contribution in [0.2, 0.25) is 20.1 Å². The standard InChI is InChI=1S/C17H16Cl4N2O/c1-10(11-4-3-5-12(18)6-11)23(2)9-16(24)22-17-14(20)7-13(19)8-15(17)21/h3-8,10H,9H2,1-2H3,(H,22,24). The molecule has 0 aromatic heterocycles. The zero-order chi connectivity index (χ0) is 17.9. The molecule has 7 heteroatoms. The summed E-state index contributed by atoms with van der Waals surface area (Å²) in [5.74, 6) is -0.225. The topological polar surface area (TPSA) is 32.3 Å². The van der Waals surface area contributed by atoms with Crippen molar-refractivity contribution in [3.63, 3.8) is 0 Å². The number of rotatable bonds is 5. The molecule has 0 spiro atoms. The summed E-state index contributed by atoms with van der Waals surface area (Å²) in [4.78, 5) is 14.2. The van der Waals surface area contributed by atoms with Crippen LogP contribution in [0.1, 0.15) is 18.5 Å². The smallest absolute Gasteiger partial charge is 0.238 e. The molecule has 2 aromatic rings. The van der Waals surface area contributed by atoms with Crippen molar-refractivity contribution in [3.05, 3.63) is 62.1 Å². The zero-order valence-corrected chi connectivity index (χ0v) is 16.1. The Hall–Kier alpha value is -0.970. The number of carbonyl (C=O) groups is 1. The first-order valence-electron chi connectivity index (χ1n) is 7.18. The Morgan fingerprint density at radius 3 is 2.29 bits per heavy atom.